The van der Waals surface area contributed by atoms with Crippen molar-refractivity contribution in [1.29, 1.82) is 0 Å². The van der Waals surface area contributed by atoms with Gasteiger partial charge >= 0.3 is 5.97 Å². The van der Waals surface area contributed by atoms with E-state index in [1.165, 1.54) is 6.92 Å². The molecule has 0 aromatic carbocycles. The molecule has 12 heteroatoms. The lowest BCUT2D eigenvalue weighted by atomic mass is 10.1. The fourth-order valence-electron chi connectivity index (χ4n) is 1.58. The van der Waals surface area contributed by atoms with E-state index in [0.717, 1.165) is 0 Å². The molecule has 0 radical (unpaired) electrons. The molecule has 0 aliphatic heterocycles. The third kappa shape index (κ3) is 9.52. The molecule has 8 N–H and O–H groups in total. The molecule has 0 aromatic heterocycles. The second-order valence-corrected chi connectivity index (χ2v) is 5.57. The maximum atomic E-state index is 11.8. The minimum atomic E-state index is -1.33. The van der Waals surface area contributed by atoms with Gasteiger partial charge in [0, 0.05) is 12.2 Å². The lowest BCUT2D eigenvalue weighted by Crippen LogP contribution is -2.52. The second-order valence-electron chi connectivity index (χ2n) is 5.20. The number of carbonyl (C=O) groups excluding carboxylic acids is 4. The molecular formula is C13H23N5O6S. The summed E-state index contributed by atoms with van der Waals surface area (Å²) in [6.45, 7) is 0.890. The fraction of sp³-hybridized carbons (Fsp3) is 0.615. The Hall–Kier alpha value is -2.34. The van der Waals surface area contributed by atoms with E-state index >= 15 is 0 Å². The molecule has 4 amide bonds. The molecule has 0 aromatic rings. The summed E-state index contributed by atoms with van der Waals surface area (Å²) in [6.07, 6.45) is -0.378. The number of amides is 4. The third-order valence-electron chi connectivity index (χ3n) is 3.02. The van der Waals surface area contributed by atoms with Crippen LogP contribution in [0, 0.1) is 0 Å². The number of thiol groups is 1. The predicted molar refractivity (Wildman–Crippen MR) is 90.4 cm³/mol. The van der Waals surface area contributed by atoms with Crippen molar-refractivity contribution in [3.8, 4) is 0 Å². The molecular weight excluding hydrogens is 354 g/mol. The number of rotatable bonds is 11. The Bertz CT molecular complexity index is 529. The third-order valence-corrected chi connectivity index (χ3v) is 3.41. The Morgan fingerprint density at radius 2 is 1.72 bits per heavy atom. The monoisotopic (exact) mass is 377 g/mol. The lowest BCUT2D eigenvalue weighted by molar-refractivity contribution is -0.142. The molecule has 0 fully saturated rings. The average Bonchev–Trinajstić information content (AvgIpc) is 2.54. The van der Waals surface area contributed by atoms with E-state index < -0.39 is 54.3 Å². The van der Waals surface area contributed by atoms with E-state index in [2.05, 4.69) is 28.6 Å². The highest BCUT2D eigenvalue weighted by atomic mass is 32.1. The van der Waals surface area contributed by atoms with E-state index in [4.69, 9.17) is 16.6 Å². The maximum absolute atomic E-state index is 11.8. The van der Waals surface area contributed by atoms with Gasteiger partial charge in [0.1, 0.15) is 12.1 Å². The molecule has 0 aliphatic carbocycles. The van der Waals surface area contributed by atoms with E-state index in [9.17, 15) is 24.0 Å². The zero-order valence-electron chi connectivity index (χ0n) is 13.7. The van der Waals surface area contributed by atoms with Gasteiger partial charge in [0.15, 0.2) is 0 Å². The van der Waals surface area contributed by atoms with Crippen LogP contribution in [0.5, 0.6) is 0 Å². The van der Waals surface area contributed by atoms with Crippen LogP contribution in [0.25, 0.3) is 0 Å². The molecule has 0 rings (SSSR count). The van der Waals surface area contributed by atoms with Crippen molar-refractivity contribution in [3.63, 3.8) is 0 Å². The molecule has 0 bridgehead atoms. The van der Waals surface area contributed by atoms with Gasteiger partial charge in [-0.25, -0.2) is 4.79 Å². The summed E-state index contributed by atoms with van der Waals surface area (Å²) >= 11 is 3.86. The highest BCUT2D eigenvalue weighted by molar-refractivity contribution is 7.80. The summed E-state index contributed by atoms with van der Waals surface area (Å²) in [5, 5.41) is 15.7. The highest BCUT2D eigenvalue weighted by Crippen LogP contribution is 1.97. The summed E-state index contributed by atoms with van der Waals surface area (Å²) in [7, 11) is 0. The maximum Gasteiger partial charge on any atom is 0.326 e. The first-order chi connectivity index (χ1) is 11.6. The number of nitrogens with one attached hydrogen (secondary N) is 3. The molecule has 0 aliphatic rings. The summed E-state index contributed by atoms with van der Waals surface area (Å²) in [5.41, 5.74) is 10.4. The topological polar surface area (TPSA) is 194 Å². The van der Waals surface area contributed by atoms with Gasteiger partial charge in [-0.15, -0.1) is 0 Å². The Labute approximate surface area is 149 Å². The summed E-state index contributed by atoms with van der Waals surface area (Å²) in [6, 6.07) is -3.12. The zero-order valence-corrected chi connectivity index (χ0v) is 14.5. The summed E-state index contributed by atoms with van der Waals surface area (Å²) in [5.74, 6) is -3.92. The van der Waals surface area contributed by atoms with Gasteiger partial charge in [-0.3, -0.25) is 19.2 Å². The molecule has 3 atom stereocenters. The minimum absolute atomic E-state index is 0.102. The number of carboxylic acid groups (broad SMARTS) is 1. The number of primary amides is 1. The Balaban J connectivity index is 4.37. The highest BCUT2D eigenvalue weighted by Gasteiger charge is 2.22. The number of aliphatic carboxylic acids is 1. The van der Waals surface area contributed by atoms with Crippen LogP contribution in [0.15, 0.2) is 0 Å². The molecule has 0 saturated carbocycles. The molecule has 142 valence electrons. The van der Waals surface area contributed by atoms with Crippen molar-refractivity contribution in [2.45, 2.75) is 37.9 Å². The summed E-state index contributed by atoms with van der Waals surface area (Å²) < 4.78 is 0. The van der Waals surface area contributed by atoms with E-state index in [-0.39, 0.29) is 18.6 Å². The van der Waals surface area contributed by atoms with Gasteiger partial charge in [-0.1, -0.05) is 0 Å². The van der Waals surface area contributed by atoms with Gasteiger partial charge < -0.3 is 32.5 Å². The minimum Gasteiger partial charge on any atom is -0.480 e. The van der Waals surface area contributed by atoms with Crippen LogP contribution in [0.3, 0.4) is 0 Å². The van der Waals surface area contributed by atoms with E-state index in [0.29, 0.717) is 0 Å². The first kappa shape index (κ1) is 22.7. The predicted octanol–water partition coefficient (Wildman–Crippen LogP) is -3.30. The molecule has 0 heterocycles. The SMILES string of the molecule is CC(NC(=O)C(N)CS)C(=O)NCC(=O)NC(CCC(N)=O)C(=O)O. The largest absolute Gasteiger partial charge is 0.480 e. The van der Waals surface area contributed by atoms with Crippen molar-refractivity contribution < 1.29 is 29.1 Å². The van der Waals surface area contributed by atoms with Crippen molar-refractivity contribution in [2.75, 3.05) is 12.3 Å². The number of carbonyl (C=O) groups is 5. The lowest BCUT2D eigenvalue weighted by Gasteiger charge is -2.17. The smallest absolute Gasteiger partial charge is 0.326 e. The normalized spacial score (nSPS) is 13.9. The molecule has 0 spiro atoms. The Morgan fingerprint density at radius 3 is 2.20 bits per heavy atom. The van der Waals surface area contributed by atoms with Crippen LogP contribution < -0.4 is 27.4 Å². The molecule has 11 nitrogen and oxygen atoms in total. The number of hydrogen-bond donors (Lipinski definition) is 7. The number of nitrogens with two attached hydrogens (primary N) is 2. The van der Waals surface area contributed by atoms with Gasteiger partial charge in [-0.05, 0) is 13.3 Å². The van der Waals surface area contributed by atoms with Crippen molar-refractivity contribution in [2.24, 2.45) is 11.5 Å². The first-order valence-corrected chi connectivity index (χ1v) is 7.96. The summed E-state index contributed by atoms with van der Waals surface area (Å²) in [4.78, 5) is 56.7. The van der Waals surface area contributed by atoms with Gasteiger partial charge in [-0.2, -0.15) is 12.6 Å². The van der Waals surface area contributed by atoms with Crippen LogP contribution in [0.4, 0.5) is 0 Å². The van der Waals surface area contributed by atoms with E-state index in [1.54, 1.807) is 0 Å². The van der Waals surface area contributed by atoms with Crippen molar-refractivity contribution in [1.82, 2.24) is 16.0 Å². The van der Waals surface area contributed by atoms with Gasteiger partial charge in [0.25, 0.3) is 0 Å². The van der Waals surface area contributed by atoms with Gasteiger partial charge in [0.05, 0.1) is 12.6 Å². The standard InChI is InChI=1S/C13H23N5O6S/c1-6(17-12(22)7(14)5-25)11(21)16-4-10(20)18-8(13(23)24)2-3-9(15)19/h6-8,25H,2-5,14H2,1H3,(H2,15,19)(H,16,21)(H,17,22)(H,18,20)(H,23,24). The fourth-order valence-corrected chi connectivity index (χ4v) is 1.74. The zero-order chi connectivity index (χ0) is 19.6. The Morgan fingerprint density at radius 1 is 1.12 bits per heavy atom. The Kier molecular flexibility index (Phi) is 10.2. The number of carboxylic acids is 1. The van der Waals surface area contributed by atoms with Crippen LogP contribution >= 0.6 is 12.6 Å². The molecule has 0 saturated heterocycles. The number of hydrogen-bond acceptors (Lipinski definition) is 7. The van der Waals surface area contributed by atoms with Crippen LogP contribution in [-0.4, -0.2) is 65.1 Å². The first-order valence-electron chi connectivity index (χ1n) is 7.33. The second kappa shape index (κ2) is 11.3. The van der Waals surface area contributed by atoms with Gasteiger partial charge in [0.2, 0.25) is 23.6 Å². The quantitative estimate of drug-likeness (QED) is 0.183. The van der Waals surface area contributed by atoms with Crippen LogP contribution in [-0.2, 0) is 24.0 Å². The molecule has 3 unspecified atom stereocenters. The van der Waals surface area contributed by atoms with E-state index in [1.807, 2.05) is 0 Å². The molecule has 25 heavy (non-hydrogen) atoms. The average molecular weight is 377 g/mol. The van der Waals surface area contributed by atoms with Crippen LogP contribution in [0.2, 0.25) is 0 Å². The van der Waals surface area contributed by atoms with Crippen molar-refractivity contribution in [3.05, 3.63) is 0 Å². The van der Waals surface area contributed by atoms with Crippen molar-refractivity contribution >= 4 is 42.2 Å². The van der Waals surface area contributed by atoms with Crippen LogP contribution in [0.1, 0.15) is 19.8 Å².